The third-order valence-corrected chi connectivity index (χ3v) is 5.43. The number of para-hydroxylation sites is 1. The van der Waals surface area contributed by atoms with Crippen LogP contribution in [0.15, 0.2) is 59.6 Å². The Bertz CT molecular complexity index is 769. The first-order chi connectivity index (χ1) is 14.3. The maximum absolute atomic E-state index is 5.43. The fraction of sp³-hybridized carbons (Fsp3) is 0.458. The van der Waals surface area contributed by atoms with Crippen molar-refractivity contribution < 1.29 is 4.74 Å². The van der Waals surface area contributed by atoms with Gasteiger partial charge >= 0.3 is 0 Å². The molecule has 1 atom stereocenters. The summed E-state index contributed by atoms with van der Waals surface area (Å²) in [6, 6.07) is 18.8. The summed E-state index contributed by atoms with van der Waals surface area (Å²) in [7, 11) is 1.70. The Morgan fingerprint density at radius 2 is 1.87 bits per heavy atom. The Balaban J connectivity index is 0.00000320. The molecule has 2 N–H and O–H groups in total. The van der Waals surface area contributed by atoms with E-state index in [2.05, 4.69) is 58.9 Å². The first-order valence-corrected chi connectivity index (χ1v) is 10.7. The van der Waals surface area contributed by atoms with Crippen LogP contribution in [-0.2, 0) is 13.0 Å². The number of nitrogens with zero attached hydrogens (tertiary/aromatic N) is 2. The van der Waals surface area contributed by atoms with E-state index in [0.717, 1.165) is 49.9 Å². The molecule has 5 nitrogen and oxygen atoms in total. The number of guanidine groups is 1. The lowest BCUT2D eigenvalue weighted by molar-refractivity contribution is 0.328. The topological polar surface area (TPSA) is 48.9 Å². The highest BCUT2D eigenvalue weighted by molar-refractivity contribution is 14.0. The minimum Gasteiger partial charge on any atom is -0.496 e. The molecule has 2 aromatic carbocycles. The van der Waals surface area contributed by atoms with Crippen molar-refractivity contribution >= 4 is 29.9 Å². The fourth-order valence-electron chi connectivity index (χ4n) is 3.80. The number of methoxy groups -OCH3 is 1. The van der Waals surface area contributed by atoms with Crippen LogP contribution in [0.1, 0.15) is 24.5 Å². The monoisotopic (exact) mass is 522 g/mol. The van der Waals surface area contributed by atoms with Gasteiger partial charge in [-0.1, -0.05) is 48.5 Å². The highest BCUT2D eigenvalue weighted by Crippen LogP contribution is 2.18. The van der Waals surface area contributed by atoms with Crippen molar-refractivity contribution in [2.75, 3.05) is 39.8 Å². The van der Waals surface area contributed by atoms with Gasteiger partial charge in [0.05, 0.1) is 13.7 Å². The highest BCUT2D eigenvalue weighted by Gasteiger charge is 2.22. The van der Waals surface area contributed by atoms with Gasteiger partial charge < -0.3 is 20.3 Å². The van der Waals surface area contributed by atoms with Crippen LogP contribution in [0.5, 0.6) is 5.75 Å². The molecule has 1 heterocycles. The molecule has 6 heteroatoms. The van der Waals surface area contributed by atoms with Crippen LogP contribution in [0.4, 0.5) is 0 Å². The zero-order valence-electron chi connectivity index (χ0n) is 18.1. The standard InChI is InChI=1S/C24H34N4O.HI/c1-3-25-24(27-18-22-11-7-8-12-23(22)29-2)26-17-21-14-16-28(19-21)15-13-20-9-5-4-6-10-20;/h4-12,21H,3,13-19H2,1-2H3,(H2,25,26,27);1H. The molecular weight excluding hydrogens is 487 g/mol. The second-order valence-electron chi connectivity index (χ2n) is 7.58. The molecular formula is C24H35IN4O. The lowest BCUT2D eigenvalue weighted by atomic mass is 10.1. The van der Waals surface area contributed by atoms with Gasteiger partial charge in [-0.2, -0.15) is 0 Å². The zero-order valence-corrected chi connectivity index (χ0v) is 20.5. The van der Waals surface area contributed by atoms with Crippen LogP contribution < -0.4 is 15.4 Å². The minimum atomic E-state index is 0. The molecule has 2 aromatic rings. The van der Waals surface area contributed by atoms with Crippen LogP contribution in [-0.4, -0.2) is 50.7 Å². The molecule has 0 aliphatic carbocycles. The second kappa shape index (κ2) is 13.5. The number of ether oxygens (including phenoxy) is 1. The zero-order chi connectivity index (χ0) is 20.3. The lowest BCUT2D eigenvalue weighted by Crippen LogP contribution is -2.40. The molecule has 164 valence electrons. The summed E-state index contributed by atoms with van der Waals surface area (Å²) in [5.74, 6) is 2.43. The maximum atomic E-state index is 5.43. The Morgan fingerprint density at radius 1 is 1.10 bits per heavy atom. The summed E-state index contributed by atoms with van der Waals surface area (Å²) < 4.78 is 5.43. The van der Waals surface area contributed by atoms with Gasteiger partial charge in [0.1, 0.15) is 5.75 Å². The van der Waals surface area contributed by atoms with Crippen LogP contribution >= 0.6 is 24.0 Å². The number of nitrogens with one attached hydrogen (secondary N) is 2. The van der Waals surface area contributed by atoms with E-state index in [9.17, 15) is 0 Å². The SMILES string of the molecule is CCNC(=NCc1ccccc1OC)NCC1CCN(CCc2ccccc2)C1.I. The van der Waals surface area contributed by atoms with Crippen LogP contribution in [0, 0.1) is 5.92 Å². The van der Waals surface area contributed by atoms with E-state index >= 15 is 0 Å². The highest BCUT2D eigenvalue weighted by atomic mass is 127. The number of likely N-dealkylation sites (tertiary alicyclic amines) is 1. The molecule has 1 unspecified atom stereocenters. The van der Waals surface area contributed by atoms with Crippen molar-refractivity contribution in [3.05, 3.63) is 65.7 Å². The normalized spacial score (nSPS) is 16.7. The number of benzene rings is 2. The Labute approximate surface area is 198 Å². The molecule has 1 aliphatic rings. The van der Waals surface area contributed by atoms with Crippen LogP contribution in [0.3, 0.4) is 0 Å². The molecule has 0 aromatic heterocycles. The van der Waals surface area contributed by atoms with Gasteiger partial charge in [0.15, 0.2) is 5.96 Å². The fourth-order valence-corrected chi connectivity index (χ4v) is 3.80. The van der Waals surface area contributed by atoms with Crippen LogP contribution in [0.2, 0.25) is 0 Å². The summed E-state index contributed by atoms with van der Waals surface area (Å²) >= 11 is 0. The molecule has 0 radical (unpaired) electrons. The summed E-state index contributed by atoms with van der Waals surface area (Å²) in [6.07, 6.45) is 2.37. The molecule has 1 fully saturated rings. The summed E-state index contributed by atoms with van der Waals surface area (Å²) in [5, 5.41) is 6.89. The van der Waals surface area contributed by atoms with Crippen molar-refractivity contribution in [3.8, 4) is 5.75 Å². The molecule has 0 bridgehead atoms. The molecule has 0 saturated carbocycles. The Morgan fingerprint density at radius 3 is 2.63 bits per heavy atom. The molecule has 30 heavy (non-hydrogen) atoms. The van der Waals surface area contributed by atoms with Crippen molar-refractivity contribution in [2.24, 2.45) is 10.9 Å². The quantitative estimate of drug-likeness (QED) is 0.298. The number of hydrogen-bond donors (Lipinski definition) is 2. The maximum Gasteiger partial charge on any atom is 0.191 e. The van der Waals surface area contributed by atoms with Gasteiger partial charge in [0.2, 0.25) is 0 Å². The lowest BCUT2D eigenvalue weighted by Gasteiger charge is -2.17. The third kappa shape index (κ3) is 7.80. The average molecular weight is 522 g/mol. The Hall–Kier alpha value is -1.80. The molecule has 0 spiro atoms. The van der Waals surface area contributed by atoms with Gasteiger partial charge in [-0.15, -0.1) is 24.0 Å². The van der Waals surface area contributed by atoms with E-state index < -0.39 is 0 Å². The van der Waals surface area contributed by atoms with Crippen molar-refractivity contribution in [1.82, 2.24) is 15.5 Å². The smallest absolute Gasteiger partial charge is 0.191 e. The number of halogens is 1. The van der Waals surface area contributed by atoms with E-state index in [1.807, 2.05) is 18.2 Å². The first kappa shape index (κ1) is 24.5. The van der Waals surface area contributed by atoms with Gasteiger partial charge in [0, 0.05) is 31.7 Å². The van der Waals surface area contributed by atoms with Gasteiger partial charge in [0.25, 0.3) is 0 Å². The van der Waals surface area contributed by atoms with Crippen molar-refractivity contribution in [2.45, 2.75) is 26.3 Å². The summed E-state index contributed by atoms with van der Waals surface area (Å²) in [5.41, 5.74) is 2.52. The average Bonchev–Trinajstić information content (AvgIpc) is 3.23. The van der Waals surface area contributed by atoms with Gasteiger partial charge in [-0.3, -0.25) is 0 Å². The number of hydrogen-bond acceptors (Lipinski definition) is 3. The first-order valence-electron chi connectivity index (χ1n) is 10.7. The van der Waals surface area contributed by atoms with E-state index in [4.69, 9.17) is 9.73 Å². The van der Waals surface area contributed by atoms with Gasteiger partial charge in [-0.25, -0.2) is 4.99 Å². The Kier molecular flexibility index (Phi) is 11.0. The van der Waals surface area contributed by atoms with E-state index in [0.29, 0.717) is 12.5 Å². The summed E-state index contributed by atoms with van der Waals surface area (Å²) in [4.78, 5) is 7.33. The predicted molar refractivity (Wildman–Crippen MR) is 136 cm³/mol. The molecule has 0 amide bonds. The van der Waals surface area contributed by atoms with Crippen molar-refractivity contribution in [3.63, 3.8) is 0 Å². The largest absolute Gasteiger partial charge is 0.496 e. The summed E-state index contributed by atoms with van der Waals surface area (Å²) in [6.45, 7) is 8.00. The van der Waals surface area contributed by atoms with Crippen LogP contribution in [0.25, 0.3) is 0 Å². The van der Waals surface area contributed by atoms with Crippen molar-refractivity contribution in [1.29, 1.82) is 0 Å². The van der Waals surface area contributed by atoms with E-state index in [1.165, 1.54) is 18.5 Å². The number of aliphatic imine (C=N–C) groups is 1. The van der Waals surface area contributed by atoms with Gasteiger partial charge in [-0.05, 0) is 43.9 Å². The predicted octanol–water partition coefficient (Wildman–Crippen LogP) is 3.93. The molecule has 1 aliphatic heterocycles. The molecule has 1 saturated heterocycles. The minimum absolute atomic E-state index is 0. The van der Waals surface area contributed by atoms with E-state index in [1.54, 1.807) is 7.11 Å². The third-order valence-electron chi connectivity index (χ3n) is 5.43. The second-order valence-corrected chi connectivity index (χ2v) is 7.58. The number of rotatable bonds is 9. The van der Waals surface area contributed by atoms with E-state index in [-0.39, 0.29) is 24.0 Å². The molecule has 3 rings (SSSR count).